The van der Waals surface area contributed by atoms with E-state index in [1.807, 2.05) is 27.7 Å². The summed E-state index contributed by atoms with van der Waals surface area (Å²) in [6.45, 7) is 6.95. The smallest absolute Gasteiger partial charge is 0.398 e. The molecule has 1 fully saturated rings. The Kier molecular flexibility index (Phi) is 4.95. The van der Waals surface area contributed by atoms with Crippen LogP contribution in [0.4, 0.5) is 8.78 Å². The third kappa shape index (κ3) is 3.81. The summed E-state index contributed by atoms with van der Waals surface area (Å²) in [6, 6.07) is 3.83. The molecule has 0 bridgehead atoms. The number of hydrogen-bond donors (Lipinski definition) is 1. The SMILES string of the molecule is CC1(C)OB(C(F)=Cc2cc(F)ccc2C#CCO)OC1(C)C. The lowest BCUT2D eigenvalue weighted by molar-refractivity contribution is 0.00578. The fourth-order valence-electron chi connectivity index (χ4n) is 2.07. The van der Waals surface area contributed by atoms with Gasteiger partial charge in [-0.1, -0.05) is 11.8 Å². The molecular formula is C17H19BF2O3. The predicted octanol–water partition coefficient (Wildman–Crippen LogP) is 3.11. The van der Waals surface area contributed by atoms with Crippen LogP contribution in [0.5, 0.6) is 0 Å². The van der Waals surface area contributed by atoms with E-state index >= 15 is 0 Å². The minimum Gasteiger partial charge on any atom is -0.398 e. The molecule has 0 unspecified atom stereocenters. The van der Waals surface area contributed by atoms with E-state index in [2.05, 4.69) is 11.8 Å². The lowest BCUT2D eigenvalue weighted by atomic mass is 9.86. The Morgan fingerprint density at radius 1 is 1.26 bits per heavy atom. The Morgan fingerprint density at radius 3 is 2.43 bits per heavy atom. The van der Waals surface area contributed by atoms with Crippen LogP contribution in [0.1, 0.15) is 38.8 Å². The zero-order chi connectivity index (χ0) is 17.3. The van der Waals surface area contributed by atoms with Crippen molar-refractivity contribution in [1.29, 1.82) is 0 Å². The Balaban J connectivity index is 2.34. The fraction of sp³-hybridized carbons (Fsp3) is 0.412. The quantitative estimate of drug-likeness (QED) is 0.672. The molecular weight excluding hydrogens is 301 g/mol. The molecule has 3 nitrogen and oxygen atoms in total. The molecule has 0 amide bonds. The van der Waals surface area contributed by atoms with Crippen LogP contribution >= 0.6 is 0 Å². The normalized spacial score (nSPS) is 19.4. The Bertz CT molecular complexity index is 671. The van der Waals surface area contributed by atoms with Gasteiger partial charge in [-0.05, 0) is 57.5 Å². The Hall–Kier alpha value is -1.68. The summed E-state index contributed by atoms with van der Waals surface area (Å²) in [5.74, 6) is 4.61. The second kappa shape index (κ2) is 6.44. The van der Waals surface area contributed by atoms with Crippen molar-refractivity contribution in [3.05, 3.63) is 40.9 Å². The first-order valence-electron chi connectivity index (χ1n) is 7.28. The van der Waals surface area contributed by atoms with Gasteiger partial charge in [-0.25, -0.2) is 8.78 Å². The first kappa shape index (κ1) is 17.7. The van der Waals surface area contributed by atoms with Crippen LogP contribution in [0.2, 0.25) is 0 Å². The second-order valence-electron chi connectivity index (χ2n) is 6.31. The molecule has 1 heterocycles. The van der Waals surface area contributed by atoms with E-state index < -0.39 is 29.9 Å². The molecule has 1 aromatic carbocycles. The molecule has 2 rings (SSSR count). The van der Waals surface area contributed by atoms with Crippen LogP contribution in [0.25, 0.3) is 6.08 Å². The molecule has 0 spiro atoms. The molecule has 0 radical (unpaired) electrons. The number of aliphatic hydroxyl groups is 1. The number of hydrogen-bond acceptors (Lipinski definition) is 3. The van der Waals surface area contributed by atoms with E-state index in [1.165, 1.54) is 18.2 Å². The van der Waals surface area contributed by atoms with Crippen molar-refractivity contribution in [2.45, 2.75) is 38.9 Å². The van der Waals surface area contributed by atoms with Crippen LogP contribution in [0.3, 0.4) is 0 Å². The molecule has 1 aromatic rings. The van der Waals surface area contributed by atoms with Gasteiger partial charge >= 0.3 is 7.12 Å². The van der Waals surface area contributed by atoms with Gasteiger partial charge in [0, 0.05) is 5.56 Å². The van der Waals surface area contributed by atoms with Crippen LogP contribution in [0, 0.1) is 17.7 Å². The standard InChI is InChI=1S/C17H19BF2O3/c1-16(2)17(3,4)23-18(22-16)15(20)11-13-10-14(19)8-7-12(13)6-5-9-21/h7-8,10-11,21H,9H2,1-4H3. The minimum absolute atomic E-state index is 0.262. The maximum Gasteiger partial charge on any atom is 0.525 e. The summed E-state index contributed by atoms with van der Waals surface area (Å²) in [5, 5.41) is 8.77. The van der Waals surface area contributed by atoms with Gasteiger partial charge in [0.1, 0.15) is 18.2 Å². The number of benzene rings is 1. The van der Waals surface area contributed by atoms with Crippen LogP contribution in [-0.2, 0) is 9.31 Å². The van der Waals surface area contributed by atoms with Gasteiger partial charge in [0.2, 0.25) is 0 Å². The van der Waals surface area contributed by atoms with E-state index in [0.717, 1.165) is 6.08 Å². The lowest BCUT2D eigenvalue weighted by Gasteiger charge is -2.32. The highest BCUT2D eigenvalue weighted by atomic mass is 19.1. The van der Waals surface area contributed by atoms with Crippen molar-refractivity contribution in [2.24, 2.45) is 0 Å². The van der Waals surface area contributed by atoms with Gasteiger partial charge in [0.25, 0.3) is 0 Å². The zero-order valence-electron chi connectivity index (χ0n) is 13.6. The third-order valence-electron chi connectivity index (χ3n) is 4.09. The van der Waals surface area contributed by atoms with Gasteiger partial charge in [-0.3, -0.25) is 0 Å². The fourth-order valence-corrected chi connectivity index (χ4v) is 2.07. The predicted molar refractivity (Wildman–Crippen MR) is 85.5 cm³/mol. The molecule has 6 heteroatoms. The van der Waals surface area contributed by atoms with E-state index in [1.54, 1.807) is 0 Å². The maximum atomic E-state index is 14.5. The molecule has 1 saturated heterocycles. The monoisotopic (exact) mass is 320 g/mol. The van der Waals surface area contributed by atoms with Crippen LogP contribution in [0.15, 0.2) is 23.9 Å². The van der Waals surface area contributed by atoms with E-state index in [4.69, 9.17) is 14.4 Å². The maximum absolute atomic E-state index is 14.5. The molecule has 0 saturated carbocycles. The summed E-state index contributed by atoms with van der Waals surface area (Å²) in [5.41, 5.74) is -1.32. The molecule has 23 heavy (non-hydrogen) atoms. The summed E-state index contributed by atoms with van der Waals surface area (Å²) in [7, 11) is -1.15. The highest BCUT2D eigenvalue weighted by molar-refractivity contribution is 6.54. The average Bonchev–Trinajstić information content (AvgIpc) is 2.67. The number of halogens is 2. The minimum atomic E-state index is -1.15. The molecule has 1 aliphatic heterocycles. The molecule has 0 aliphatic carbocycles. The molecule has 1 N–H and O–H groups in total. The summed E-state index contributed by atoms with van der Waals surface area (Å²) in [6.07, 6.45) is 1.15. The molecule has 0 atom stereocenters. The van der Waals surface area contributed by atoms with Crippen molar-refractivity contribution < 1.29 is 23.2 Å². The third-order valence-corrected chi connectivity index (χ3v) is 4.09. The molecule has 1 aliphatic rings. The van der Waals surface area contributed by atoms with E-state index in [0.29, 0.717) is 5.56 Å². The first-order valence-corrected chi connectivity index (χ1v) is 7.28. The van der Waals surface area contributed by atoms with E-state index in [9.17, 15) is 8.78 Å². The average molecular weight is 320 g/mol. The first-order chi connectivity index (χ1) is 10.7. The van der Waals surface area contributed by atoms with Crippen molar-refractivity contribution in [3.63, 3.8) is 0 Å². The van der Waals surface area contributed by atoms with Gasteiger partial charge in [0.15, 0.2) is 0 Å². The highest BCUT2D eigenvalue weighted by Gasteiger charge is 2.53. The summed E-state index contributed by atoms with van der Waals surface area (Å²) in [4.78, 5) is 0. The number of rotatable bonds is 2. The summed E-state index contributed by atoms with van der Waals surface area (Å²) < 4.78 is 39.2. The van der Waals surface area contributed by atoms with Crippen molar-refractivity contribution >= 4 is 13.2 Å². The highest BCUT2D eigenvalue weighted by Crippen LogP contribution is 2.39. The second-order valence-corrected chi connectivity index (χ2v) is 6.31. The molecule has 0 aromatic heterocycles. The Labute approximate surface area is 135 Å². The topological polar surface area (TPSA) is 38.7 Å². The summed E-state index contributed by atoms with van der Waals surface area (Å²) >= 11 is 0. The van der Waals surface area contributed by atoms with Gasteiger partial charge in [0.05, 0.1) is 11.2 Å². The van der Waals surface area contributed by atoms with Gasteiger partial charge in [-0.2, -0.15) is 0 Å². The van der Waals surface area contributed by atoms with Gasteiger partial charge in [-0.15, -0.1) is 0 Å². The van der Waals surface area contributed by atoms with Crippen molar-refractivity contribution in [3.8, 4) is 11.8 Å². The van der Waals surface area contributed by atoms with E-state index in [-0.39, 0.29) is 12.2 Å². The lowest BCUT2D eigenvalue weighted by Crippen LogP contribution is -2.41. The van der Waals surface area contributed by atoms with Crippen LogP contribution in [-0.4, -0.2) is 30.0 Å². The van der Waals surface area contributed by atoms with Crippen molar-refractivity contribution in [2.75, 3.05) is 6.61 Å². The van der Waals surface area contributed by atoms with Gasteiger partial charge < -0.3 is 14.4 Å². The zero-order valence-corrected chi connectivity index (χ0v) is 13.6. The Morgan fingerprint density at radius 2 is 1.87 bits per heavy atom. The number of aliphatic hydroxyl groups excluding tert-OH is 1. The van der Waals surface area contributed by atoms with Crippen LogP contribution < -0.4 is 0 Å². The molecule has 122 valence electrons. The van der Waals surface area contributed by atoms with Crippen molar-refractivity contribution in [1.82, 2.24) is 0 Å². The largest absolute Gasteiger partial charge is 0.525 e.